The topological polar surface area (TPSA) is 82.9 Å². The SMILES string of the molecule is O=C(CSc1ccccc1C(=O)N1CCN(C(=O)c2ccco2)CC1)NCC1CCCCC1. The van der Waals surface area contributed by atoms with Gasteiger partial charge in [0.2, 0.25) is 5.91 Å². The molecule has 33 heavy (non-hydrogen) atoms. The molecule has 0 spiro atoms. The lowest BCUT2D eigenvalue weighted by molar-refractivity contribution is -0.118. The molecule has 0 atom stereocenters. The first-order valence-electron chi connectivity index (χ1n) is 11.7. The Labute approximate surface area is 198 Å². The minimum atomic E-state index is -0.151. The van der Waals surface area contributed by atoms with E-state index in [-0.39, 0.29) is 17.7 Å². The highest BCUT2D eigenvalue weighted by Gasteiger charge is 2.27. The molecule has 176 valence electrons. The van der Waals surface area contributed by atoms with Crippen molar-refractivity contribution in [3.8, 4) is 0 Å². The second-order valence-electron chi connectivity index (χ2n) is 8.65. The van der Waals surface area contributed by atoms with Crippen LogP contribution < -0.4 is 5.32 Å². The van der Waals surface area contributed by atoms with Crippen LogP contribution in [0.4, 0.5) is 0 Å². The molecule has 1 aromatic heterocycles. The maximum absolute atomic E-state index is 13.2. The predicted molar refractivity (Wildman–Crippen MR) is 127 cm³/mol. The van der Waals surface area contributed by atoms with Gasteiger partial charge in [-0.3, -0.25) is 14.4 Å². The van der Waals surface area contributed by atoms with Crippen LogP contribution in [0.5, 0.6) is 0 Å². The Morgan fingerprint density at radius 2 is 1.61 bits per heavy atom. The molecule has 8 heteroatoms. The molecule has 3 amide bonds. The Kier molecular flexibility index (Phi) is 8.10. The average Bonchev–Trinajstić information content (AvgIpc) is 3.41. The normalized spacial score (nSPS) is 17.1. The van der Waals surface area contributed by atoms with Crippen molar-refractivity contribution in [2.45, 2.75) is 37.0 Å². The summed E-state index contributed by atoms with van der Waals surface area (Å²) < 4.78 is 5.20. The lowest BCUT2D eigenvalue weighted by atomic mass is 9.89. The second kappa shape index (κ2) is 11.4. The summed E-state index contributed by atoms with van der Waals surface area (Å²) in [5.41, 5.74) is 0.605. The molecule has 1 saturated heterocycles. The van der Waals surface area contributed by atoms with E-state index < -0.39 is 0 Å². The van der Waals surface area contributed by atoms with Gasteiger partial charge < -0.3 is 19.5 Å². The van der Waals surface area contributed by atoms with E-state index in [9.17, 15) is 14.4 Å². The van der Waals surface area contributed by atoms with Crippen LogP contribution in [0.1, 0.15) is 53.0 Å². The predicted octanol–water partition coefficient (Wildman–Crippen LogP) is 3.67. The van der Waals surface area contributed by atoms with Crippen LogP contribution in [-0.2, 0) is 4.79 Å². The fourth-order valence-corrected chi connectivity index (χ4v) is 5.33. The van der Waals surface area contributed by atoms with Crippen LogP contribution in [-0.4, -0.2) is 66.0 Å². The summed E-state index contributed by atoms with van der Waals surface area (Å²) in [5.74, 6) is 1.01. The van der Waals surface area contributed by atoms with Gasteiger partial charge >= 0.3 is 0 Å². The van der Waals surface area contributed by atoms with Gasteiger partial charge in [-0.1, -0.05) is 31.4 Å². The van der Waals surface area contributed by atoms with Gasteiger partial charge in [-0.2, -0.15) is 0 Å². The molecule has 1 aliphatic carbocycles. The van der Waals surface area contributed by atoms with E-state index in [0.717, 1.165) is 11.4 Å². The zero-order chi connectivity index (χ0) is 23.0. The number of carbonyl (C=O) groups excluding carboxylic acids is 3. The first-order valence-corrected chi connectivity index (χ1v) is 12.7. The van der Waals surface area contributed by atoms with Crippen molar-refractivity contribution in [1.82, 2.24) is 15.1 Å². The minimum absolute atomic E-state index is 0.0119. The third-order valence-electron chi connectivity index (χ3n) is 6.37. The maximum Gasteiger partial charge on any atom is 0.289 e. The second-order valence-corrected chi connectivity index (χ2v) is 9.67. The number of hydrogen-bond acceptors (Lipinski definition) is 5. The molecule has 0 bridgehead atoms. The number of hydrogen-bond donors (Lipinski definition) is 1. The van der Waals surface area contributed by atoms with E-state index in [1.165, 1.54) is 50.1 Å². The van der Waals surface area contributed by atoms with Gasteiger partial charge in [0.25, 0.3) is 11.8 Å². The molecule has 4 rings (SSSR count). The molecule has 1 aliphatic heterocycles. The lowest BCUT2D eigenvalue weighted by Crippen LogP contribution is -2.50. The number of carbonyl (C=O) groups is 3. The van der Waals surface area contributed by atoms with Crippen LogP contribution in [0.3, 0.4) is 0 Å². The monoisotopic (exact) mass is 469 g/mol. The summed E-state index contributed by atoms with van der Waals surface area (Å²) in [6.07, 6.45) is 7.71. The third-order valence-corrected chi connectivity index (χ3v) is 7.45. The summed E-state index contributed by atoms with van der Waals surface area (Å²) in [5, 5.41) is 3.06. The first-order chi connectivity index (χ1) is 16.1. The molecule has 1 saturated carbocycles. The number of nitrogens with one attached hydrogen (secondary N) is 1. The van der Waals surface area contributed by atoms with Crippen LogP contribution >= 0.6 is 11.8 Å². The fraction of sp³-hybridized carbons (Fsp3) is 0.480. The Hall–Kier alpha value is -2.74. The third kappa shape index (κ3) is 6.19. The highest BCUT2D eigenvalue weighted by molar-refractivity contribution is 8.00. The van der Waals surface area contributed by atoms with E-state index in [0.29, 0.717) is 49.2 Å². The van der Waals surface area contributed by atoms with Crippen LogP contribution in [0.25, 0.3) is 0 Å². The van der Waals surface area contributed by atoms with E-state index in [1.54, 1.807) is 21.9 Å². The summed E-state index contributed by atoms with van der Waals surface area (Å²) in [6, 6.07) is 10.8. The van der Waals surface area contributed by atoms with Gasteiger partial charge in [-0.15, -0.1) is 11.8 Å². The van der Waals surface area contributed by atoms with Gasteiger partial charge in [0.15, 0.2) is 5.76 Å². The number of amides is 3. The standard InChI is InChI=1S/C25H31N3O4S/c29-23(26-17-19-7-2-1-3-8-19)18-33-22-11-5-4-9-20(22)24(30)27-12-14-28(15-13-27)25(31)21-10-6-16-32-21/h4-6,9-11,16,19H,1-3,7-8,12-15,17-18H2,(H,26,29). The lowest BCUT2D eigenvalue weighted by Gasteiger charge is -2.34. The number of rotatable bonds is 7. The highest BCUT2D eigenvalue weighted by Crippen LogP contribution is 2.25. The molecule has 2 aromatic rings. The van der Waals surface area contributed by atoms with E-state index >= 15 is 0 Å². The molecular weight excluding hydrogens is 438 g/mol. The zero-order valence-corrected chi connectivity index (χ0v) is 19.6. The van der Waals surface area contributed by atoms with Crippen LogP contribution in [0, 0.1) is 5.92 Å². The minimum Gasteiger partial charge on any atom is -0.459 e. The van der Waals surface area contributed by atoms with Crippen molar-refractivity contribution in [2.75, 3.05) is 38.5 Å². The van der Waals surface area contributed by atoms with Crippen molar-refractivity contribution in [2.24, 2.45) is 5.92 Å². The first kappa shape index (κ1) is 23.4. The smallest absolute Gasteiger partial charge is 0.289 e. The van der Waals surface area contributed by atoms with E-state index in [2.05, 4.69) is 5.32 Å². The van der Waals surface area contributed by atoms with Crippen molar-refractivity contribution >= 4 is 29.5 Å². The average molecular weight is 470 g/mol. The van der Waals surface area contributed by atoms with Crippen molar-refractivity contribution in [3.05, 3.63) is 54.0 Å². The Morgan fingerprint density at radius 3 is 2.30 bits per heavy atom. The largest absolute Gasteiger partial charge is 0.459 e. The van der Waals surface area contributed by atoms with Gasteiger partial charge in [-0.25, -0.2) is 0 Å². The Balaban J connectivity index is 1.28. The molecule has 0 unspecified atom stereocenters. The Bertz CT molecular complexity index is 948. The number of furan rings is 1. The fourth-order valence-electron chi connectivity index (χ4n) is 4.45. The summed E-state index contributed by atoms with van der Waals surface area (Å²) in [7, 11) is 0. The number of benzene rings is 1. The van der Waals surface area contributed by atoms with Gasteiger partial charge in [0, 0.05) is 37.6 Å². The van der Waals surface area contributed by atoms with Gasteiger partial charge in [0.05, 0.1) is 17.6 Å². The van der Waals surface area contributed by atoms with E-state index in [1.807, 2.05) is 24.3 Å². The zero-order valence-electron chi connectivity index (χ0n) is 18.8. The summed E-state index contributed by atoms with van der Waals surface area (Å²) in [6.45, 7) is 2.60. The number of nitrogens with zero attached hydrogens (tertiary/aromatic N) is 2. The van der Waals surface area contributed by atoms with Crippen LogP contribution in [0.2, 0.25) is 0 Å². The van der Waals surface area contributed by atoms with Crippen LogP contribution in [0.15, 0.2) is 52.0 Å². The number of piperazine rings is 1. The summed E-state index contributed by atoms with van der Waals surface area (Å²) in [4.78, 5) is 42.3. The van der Waals surface area contributed by atoms with Crippen molar-refractivity contribution in [3.63, 3.8) is 0 Å². The quantitative estimate of drug-likeness (QED) is 0.626. The number of thioether (sulfide) groups is 1. The van der Waals surface area contributed by atoms with E-state index in [4.69, 9.17) is 4.42 Å². The summed E-state index contributed by atoms with van der Waals surface area (Å²) >= 11 is 1.40. The molecule has 2 aliphatic rings. The molecule has 1 aromatic carbocycles. The molecule has 2 fully saturated rings. The molecule has 2 heterocycles. The van der Waals surface area contributed by atoms with Crippen molar-refractivity contribution in [1.29, 1.82) is 0 Å². The Morgan fingerprint density at radius 1 is 0.909 bits per heavy atom. The highest BCUT2D eigenvalue weighted by atomic mass is 32.2. The molecule has 1 N–H and O–H groups in total. The van der Waals surface area contributed by atoms with Gasteiger partial charge in [-0.05, 0) is 43.0 Å². The molecular formula is C25H31N3O4S. The molecule has 7 nitrogen and oxygen atoms in total. The van der Waals surface area contributed by atoms with Crippen molar-refractivity contribution < 1.29 is 18.8 Å². The maximum atomic E-state index is 13.2. The van der Waals surface area contributed by atoms with Gasteiger partial charge in [0.1, 0.15) is 0 Å². The molecule has 0 radical (unpaired) electrons.